The Labute approximate surface area is 166 Å². The predicted molar refractivity (Wildman–Crippen MR) is 111 cm³/mol. The fourth-order valence-electron chi connectivity index (χ4n) is 3.95. The van der Waals surface area contributed by atoms with Crippen LogP contribution < -0.4 is 0 Å². The second-order valence-electron chi connectivity index (χ2n) is 7.22. The van der Waals surface area contributed by atoms with Crippen molar-refractivity contribution < 1.29 is 4.79 Å². The number of thiazole rings is 1. The number of rotatable bonds is 3. The van der Waals surface area contributed by atoms with Crippen molar-refractivity contribution in [3.05, 3.63) is 53.0 Å². The molecule has 0 saturated carbocycles. The Morgan fingerprint density at radius 1 is 1.21 bits per heavy atom. The first kappa shape index (κ1) is 17.3. The first-order valence-corrected chi connectivity index (χ1v) is 10.5. The van der Waals surface area contributed by atoms with Gasteiger partial charge in [0.15, 0.2) is 0 Å². The molecule has 142 valence electrons. The molecular formula is C21H21N5OS. The third kappa shape index (κ3) is 2.96. The van der Waals surface area contributed by atoms with E-state index in [1.165, 1.54) is 4.70 Å². The van der Waals surface area contributed by atoms with Crippen molar-refractivity contribution in [2.75, 3.05) is 13.1 Å². The maximum Gasteiger partial charge on any atom is 0.253 e. The second-order valence-corrected chi connectivity index (χ2v) is 8.28. The number of carbonyl (C=O) groups is 1. The monoisotopic (exact) mass is 391 g/mol. The highest BCUT2D eigenvalue weighted by Crippen LogP contribution is 2.33. The van der Waals surface area contributed by atoms with Crippen molar-refractivity contribution in [1.29, 1.82) is 0 Å². The molecule has 3 heterocycles. The number of amides is 1. The zero-order valence-corrected chi connectivity index (χ0v) is 16.5. The quantitative estimate of drug-likeness (QED) is 0.528. The van der Waals surface area contributed by atoms with Crippen LogP contribution in [-0.2, 0) is 6.54 Å². The largest absolute Gasteiger partial charge is 0.338 e. The van der Waals surface area contributed by atoms with E-state index in [0.717, 1.165) is 54.0 Å². The average Bonchev–Trinajstić information content (AvgIpc) is 3.36. The number of carbonyl (C=O) groups excluding carboxylic acids is 1. The van der Waals surface area contributed by atoms with E-state index in [4.69, 9.17) is 4.98 Å². The number of hydrogen-bond donors (Lipinski definition) is 0. The molecule has 0 unspecified atom stereocenters. The lowest BCUT2D eigenvalue weighted by atomic mass is 9.98. The number of nitrogens with zero attached hydrogens (tertiary/aromatic N) is 5. The van der Waals surface area contributed by atoms with Gasteiger partial charge < -0.3 is 4.90 Å². The predicted octanol–water partition coefficient (Wildman–Crippen LogP) is 4.08. The van der Waals surface area contributed by atoms with Gasteiger partial charge in [-0.1, -0.05) is 17.3 Å². The molecule has 5 rings (SSSR count). The van der Waals surface area contributed by atoms with Crippen molar-refractivity contribution in [3.63, 3.8) is 0 Å². The summed E-state index contributed by atoms with van der Waals surface area (Å²) in [6, 6.07) is 13.9. The maximum absolute atomic E-state index is 13.1. The Kier molecular flexibility index (Phi) is 4.31. The number of benzene rings is 2. The first-order valence-electron chi connectivity index (χ1n) is 9.71. The lowest BCUT2D eigenvalue weighted by Crippen LogP contribution is -2.39. The molecule has 7 heteroatoms. The maximum atomic E-state index is 13.1. The minimum absolute atomic E-state index is 0.0683. The van der Waals surface area contributed by atoms with E-state index >= 15 is 0 Å². The number of hydrogen-bond acceptors (Lipinski definition) is 5. The average molecular weight is 392 g/mol. The molecule has 0 spiro atoms. The summed E-state index contributed by atoms with van der Waals surface area (Å²) in [7, 11) is 0. The number of likely N-dealkylation sites (tertiary alicyclic amines) is 1. The fourth-order valence-corrected chi connectivity index (χ4v) is 5.04. The van der Waals surface area contributed by atoms with Gasteiger partial charge in [-0.25, -0.2) is 9.67 Å². The van der Waals surface area contributed by atoms with Crippen molar-refractivity contribution >= 4 is 38.5 Å². The van der Waals surface area contributed by atoms with Crippen molar-refractivity contribution in [3.8, 4) is 0 Å². The van der Waals surface area contributed by atoms with Gasteiger partial charge in [0.05, 0.1) is 20.7 Å². The van der Waals surface area contributed by atoms with E-state index in [1.807, 2.05) is 46.8 Å². The third-order valence-electron chi connectivity index (χ3n) is 5.43. The Morgan fingerprint density at radius 2 is 2.11 bits per heavy atom. The standard InChI is InChI=1S/C21H21N5OS/c1-2-26-18-10-9-14(12-17(18)23-24-26)21(27)25-11-5-6-15(13-25)20-22-16-7-3-4-8-19(16)28-20/h3-4,7-10,12,15H,2,5-6,11,13H2,1H3/t15-/m0/s1. The number of piperidine rings is 1. The summed E-state index contributed by atoms with van der Waals surface area (Å²) < 4.78 is 3.05. The van der Waals surface area contributed by atoms with Crippen molar-refractivity contribution in [2.45, 2.75) is 32.2 Å². The molecule has 2 aromatic carbocycles. The molecule has 1 amide bonds. The summed E-state index contributed by atoms with van der Waals surface area (Å²) in [5.74, 6) is 0.374. The van der Waals surface area contributed by atoms with Crippen LogP contribution in [0.5, 0.6) is 0 Å². The lowest BCUT2D eigenvalue weighted by Gasteiger charge is -2.32. The van der Waals surface area contributed by atoms with Gasteiger partial charge in [-0.2, -0.15) is 0 Å². The van der Waals surface area contributed by atoms with Gasteiger partial charge in [-0.05, 0) is 50.1 Å². The molecule has 0 bridgehead atoms. The zero-order chi connectivity index (χ0) is 19.1. The summed E-state index contributed by atoms with van der Waals surface area (Å²) in [4.78, 5) is 19.9. The smallest absolute Gasteiger partial charge is 0.253 e. The summed E-state index contributed by atoms with van der Waals surface area (Å²) in [5.41, 5.74) is 3.47. The molecule has 28 heavy (non-hydrogen) atoms. The minimum atomic E-state index is 0.0683. The van der Waals surface area contributed by atoms with E-state index in [1.54, 1.807) is 11.3 Å². The molecule has 0 aliphatic carbocycles. The van der Waals surface area contributed by atoms with E-state index in [0.29, 0.717) is 11.5 Å². The molecular weight excluding hydrogens is 370 g/mol. The van der Waals surface area contributed by atoms with Crippen LogP contribution in [-0.4, -0.2) is 43.9 Å². The molecule has 0 radical (unpaired) electrons. The normalized spacial score (nSPS) is 17.5. The Balaban J connectivity index is 1.39. The molecule has 2 aromatic heterocycles. The van der Waals surface area contributed by atoms with Gasteiger partial charge in [-0.15, -0.1) is 16.4 Å². The first-order chi connectivity index (χ1) is 13.7. The number of aryl methyl sites for hydroxylation is 1. The second kappa shape index (κ2) is 6.98. The molecule has 1 saturated heterocycles. The third-order valence-corrected chi connectivity index (χ3v) is 6.63. The summed E-state index contributed by atoms with van der Waals surface area (Å²) in [6.45, 7) is 4.31. The molecule has 0 N–H and O–H groups in total. The van der Waals surface area contributed by atoms with Gasteiger partial charge in [0.25, 0.3) is 5.91 Å². The Morgan fingerprint density at radius 3 is 2.96 bits per heavy atom. The van der Waals surface area contributed by atoms with E-state index < -0.39 is 0 Å². The van der Waals surface area contributed by atoms with E-state index in [9.17, 15) is 4.79 Å². The van der Waals surface area contributed by atoms with Gasteiger partial charge in [-0.3, -0.25) is 4.79 Å². The Hall–Kier alpha value is -2.80. The van der Waals surface area contributed by atoms with Gasteiger partial charge in [0.1, 0.15) is 5.52 Å². The lowest BCUT2D eigenvalue weighted by molar-refractivity contribution is 0.0707. The van der Waals surface area contributed by atoms with Crippen LogP contribution in [0.4, 0.5) is 0 Å². The van der Waals surface area contributed by atoms with Crippen LogP contribution in [0.1, 0.15) is 41.0 Å². The number of fused-ring (bicyclic) bond motifs is 2. The van der Waals surface area contributed by atoms with Crippen LogP contribution in [0.2, 0.25) is 0 Å². The van der Waals surface area contributed by atoms with Crippen LogP contribution in [0.15, 0.2) is 42.5 Å². The van der Waals surface area contributed by atoms with Gasteiger partial charge in [0.2, 0.25) is 0 Å². The highest BCUT2D eigenvalue weighted by Gasteiger charge is 2.27. The molecule has 1 fully saturated rings. The van der Waals surface area contributed by atoms with Crippen LogP contribution >= 0.6 is 11.3 Å². The van der Waals surface area contributed by atoms with Gasteiger partial charge >= 0.3 is 0 Å². The molecule has 1 aliphatic heterocycles. The van der Waals surface area contributed by atoms with E-state index in [2.05, 4.69) is 22.4 Å². The van der Waals surface area contributed by atoms with Crippen LogP contribution in [0.3, 0.4) is 0 Å². The Bertz CT molecular complexity index is 1130. The molecule has 1 aliphatic rings. The summed E-state index contributed by atoms with van der Waals surface area (Å²) in [6.07, 6.45) is 2.08. The van der Waals surface area contributed by atoms with Crippen LogP contribution in [0.25, 0.3) is 21.3 Å². The SMILES string of the molecule is CCn1nnc2cc(C(=O)N3CCC[C@H](c4nc5ccccc5s4)C3)ccc21. The van der Waals surface area contributed by atoms with Crippen LogP contribution in [0, 0.1) is 0 Å². The number of aromatic nitrogens is 4. The summed E-state index contributed by atoms with van der Waals surface area (Å²) >= 11 is 1.75. The zero-order valence-electron chi connectivity index (χ0n) is 15.7. The topological polar surface area (TPSA) is 63.9 Å². The highest BCUT2D eigenvalue weighted by atomic mass is 32.1. The minimum Gasteiger partial charge on any atom is -0.338 e. The van der Waals surface area contributed by atoms with E-state index in [-0.39, 0.29) is 5.91 Å². The van der Waals surface area contributed by atoms with Gasteiger partial charge in [0, 0.05) is 31.1 Å². The highest BCUT2D eigenvalue weighted by molar-refractivity contribution is 7.18. The van der Waals surface area contributed by atoms with Crippen molar-refractivity contribution in [1.82, 2.24) is 24.9 Å². The fraction of sp³-hybridized carbons (Fsp3) is 0.333. The molecule has 6 nitrogen and oxygen atoms in total. The molecule has 1 atom stereocenters. The number of para-hydroxylation sites is 1. The molecule has 4 aromatic rings. The van der Waals surface area contributed by atoms with Crippen molar-refractivity contribution in [2.24, 2.45) is 0 Å². The summed E-state index contributed by atoms with van der Waals surface area (Å²) in [5, 5.41) is 9.47.